The molecule has 1 aliphatic rings. The molecule has 3 rings (SSSR count). The average molecular weight is 400 g/mol. The van der Waals surface area contributed by atoms with Crippen molar-refractivity contribution in [3.05, 3.63) is 64.7 Å². The first-order valence-corrected chi connectivity index (χ1v) is 8.41. The molecule has 5 amide bonds. The number of urea groups is 1. The van der Waals surface area contributed by atoms with E-state index >= 15 is 0 Å². The van der Waals surface area contributed by atoms with Crippen molar-refractivity contribution >= 4 is 47.1 Å². The Labute approximate surface area is 164 Å². The summed E-state index contributed by atoms with van der Waals surface area (Å²) in [6.45, 7) is -0.264. The molecule has 8 nitrogen and oxygen atoms in total. The summed E-state index contributed by atoms with van der Waals surface area (Å²) in [5.74, 6) is -1.76. The summed E-state index contributed by atoms with van der Waals surface area (Å²) >= 11 is 5.83. The van der Waals surface area contributed by atoms with Crippen LogP contribution in [0.15, 0.2) is 54.1 Å². The number of amides is 5. The van der Waals surface area contributed by atoms with Gasteiger partial charge in [-0.3, -0.25) is 19.7 Å². The molecule has 0 unspecified atom stereocenters. The van der Waals surface area contributed by atoms with Crippen molar-refractivity contribution in [2.24, 2.45) is 5.73 Å². The fourth-order valence-corrected chi connectivity index (χ4v) is 2.59. The number of carbonyl (C=O) groups is 4. The van der Waals surface area contributed by atoms with Crippen LogP contribution in [-0.2, 0) is 14.4 Å². The molecule has 28 heavy (non-hydrogen) atoms. The molecule has 2 aromatic rings. The van der Waals surface area contributed by atoms with Gasteiger partial charge < -0.3 is 10.5 Å². The Bertz CT molecular complexity index is 984. The predicted octanol–water partition coefficient (Wildman–Crippen LogP) is 1.87. The molecular weight excluding hydrogens is 386 g/mol. The third-order valence-corrected chi connectivity index (χ3v) is 4.01. The van der Waals surface area contributed by atoms with Crippen LogP contribution in [0.25, 0.3) is 6.08 Å². The van der Waals surface area contributed by atoms with Crippen LogP contribution in [-0.4, -0.2) is 30.4 Å². The third-order valence-electron chi connectivity index (χ3n) is 3.76. The van der Waals surface area contributed by atoms with E-state index in [1.165, 1.54) is 30.3 Å². The molecule has 2 aromatic carbocycles. The van der Waals surface area contributed by atoms with Gasteiger partial charge in [0.25, 0.3) is 17.7 Å². The Hall–Kier alpha value is -3.65. The Morgan fingerprint density at radius 3 is 2.32 bits per heavy atom. The Morgan fingerprint density at radius 1 is 1.07 bits per heavy atom. The number of rotatable bonds is 5. The van der Waals surface area contributed by atoms with Crippen LogP contribution in [0, 0.1) is 0 Å². The molecule has 3 N–H and O–H groups in total. The van der Waals surface area contributed by atoms with Crippen LogP contribution in [0.2, 0.25) is 5.02 Å². The van der Waals surface area contributed by atoms with E-state index in [0.29, 0.717) is 16.3 Å². The van der Waals surface area contributed by atoms with Gasteiger partial charge in [-0.15, -0.1) is 0 Å². The smallest absolute Gasteiger partial charge is 0.335 e. The fraction of sp³-hybridized carbons (Fsp3) is 0.0526. The van der Waals surface area contributed by atoms with E-state index in [4.69, 9.17) is 22.1 Å². The Morgan fingerprint density at radius 2 is 1.71 bits per heavy atom. The molecule has 0 atom stereocenters. The van der Waals surface area contributed by atoms with Crippen LogP contribution >= 0.6 is 11.6 Å². The maximum absolute atomic E-state index is 12.7. The van der Waals surface area contributed by atoms with Crippen molar-refractivity contribution in [1.82, 2.24) is 5.32 Å². The molecule has 0 saturated carbocycles. The minimum absolute atomic E-state index is 0.208. The number of primary amides is 1. The normalized spacial score (nSPS) is 15.5. The van der Waals surface area contributed by atoms with Gasteiger partial charge in [-0.05, 0) is 48.0 Å². The SMILES string of the molecule is NC(=O)COc1ccc(/C=C2/C(=O)NC(=O)N(c3ccc(Cl)cc3)C2=O)cc1. The Balaban J connectivity index is 1.86. The summed E-state index contributed by atoms with van der Waals surface area (Å²) in [6.07, 6.45) is 1.35. The minimum Gasteiger partial charge on any atom is -0.484 e. The maximum atomic E-state index is 12.7. The van der Waals surface area contributed by atoms with Crippen molar-refractivity contribution in [3.8, 4) is 5.75 Å². The number of anilines is 1. The van der Waals surface area contributed by atoms with Crippen LogP contribution < -0.4 is 20.7 Å². The first-order chi connectivity index (χ1) is 13.3. The number of ether oxygens (including phenoxy) is 1. The molecule has 0 spiro atoms. The van der Waals surface area contributed by atoms with Gasteiger partial charge >= 0.3 is 6.03 Å². The van der Waals surface area contributed by atoms with Crippen LogP contribution in [0.3, 0.4) is 0 Å². The second-order valence-electron chi connectivity index (χ2n) is 5.76. The molecule has 1 fully saturated rings. The number of barbiturate groups is 1. The first-order valence-electron chi connectivity index (χ1n) is 8.03. The highest BCUT2D eigenvalue weighted by atomic mass is 35.5. The van der Waals surface area contributed by atoms with E-state index in [-0.39, 0.29) is 17.9 Å². The van der Waals surface area contributed by atoms with E-state index in [1.807, 2.05) is 0 Å². The molecule has 0 bridgehead atoms. The second-order valence-corrected chi connectivity index (χ2v) is 6.19. The third kappa shape index (κ3) is 4.18. The summed E-state index contributed by atoms with van der Waals surface area (Å²) < 4.78 is 5.15. The lowest BCUT2D eigenvalue weighted by Crippen LogP contribution is -2.54. The molecule has 1 saturated heterocycles. The van der Waals surface area contributed by atoms with E-state index in [1.54, 1.807) is 24.3 Å². The maximum Gasteiger partial charge on any atom is 0.335 e. The van der Waals surface area contributed by atoms with Crippen LogP contribution in [0.4, 0.5) is 10.5 Å². The first kappa shape index (κ1) is 19.1. The number of halogens is 1. The van der Waals surface area contributed by atoms with Crippen LogP contribution in [0.5, 0.6) is 5.75 Å². The van der Waals surface area contributed by atoms with Gasteiger partial charge in [0, 0.05) is 5.02 Å². The van der Waals surface area contributed by atoms with E-state index in [0.717, 1.165) is 4.90 Å². The molecule has 0 radical (unpaired) electrons. The number of nitrogens with one attached hydrogen (secondary N) is 1. The number of carbonyl (C=O) groups excluding carboxylic acids is 4. The number of benzene rings is 2. The number of nitrogens with two attached hydrogens (primary N) is 1. The molecular formula is C19H14ClN3O5. The number of hydrogen-bond acceptors (Lipinski definition) is 5. The molecule has 0 aliphatic carbocycles. The summed E-state index contributed by atoms with van der Waals surface area (Å²) in [5, 5.41) is 2.58. The summed E-state index contributed by atoms with van der Waals surface area (Å²) in [4.78, 5) is 48.6. The fourth-order valence-electron chi connectivity index (χ4n) is 2.46. The zero-order valence-electron chi connectivity index (χ0n) is 14.3. The monoisotopic (exact) mass is 399 g/mol. The summed E-state index contributed by atoms with van der Waals surface area (Å²) in [5.41, 5.74) is 5.60. The lowest BCUT2D eigenvalue weighted by Gasteiger charge is -2.26. The quantitative estimate of drug-likeness (QED) is 0.587. The Kier molecular flexibility index (Phi) is 5.42. The highest BCUT2D eigenvalue weighted by molar-refractivity contribution is 6.39. The standard InChI is InChI=1S/C19H14ClN3O5/c20-12-3-5-13(6-4-12)23-18(26)15(17(25)22-19(23)27)9-11-1-7-14(8-2-11)28-10-16(21)24/h1-9H,10H2,(H2,21,24)(H,22,25,27)/b15-9-. The predicted molar refractivity (Wildman–Crippen MR) is 102 cm³/mol. The van der Waals surface area contributed by atoms with Crippen molar-refractivity contribution < 1.29 is 23.9 Å². The second kappa shape index (κ2) is 7.93. The lowest BCUT2D eigenvalue weighted by atomic mass is 10.1. The number of hydrogen-bond donors (Lipinski definition) is 2. The lowest BCUT2D eigenvalue weighted by molar-refractivity contribution is -0.123. The van der Waals surface area contributed by atoms with Gasteiger partial charge in [0.05, 0.1) is 5.69 Å². The molecule has 1 aliphatic heterocycles. The average Bonchev–Trinajstić information content (AvgIpc) is 2.66. The topological polar surface area (TPSA) is 119 Å². The number of nitrogens with zero attached hydrogens (tertiary/aromatic N) is 1. The molecule has 0 aromatic heterocycles. The minimum atomic E-state index is -0.843. The van der Waals surface area contributed by atoms with Crippen molar-refractivity contribution in [3.63, 3.8) is 0 Å². The zero-order chi connectivity index (χ0) is 20.3. The van der Waals surface area contributed by atoms with E-state index in [9.17, 15) is 19.2 Å². The van der Waals surface area contributed by atoms with Gasteiger partial charge in [0.15, 0.2) is 6.61 Å². The molecule has 9 heteroatoms. The van der Waals surface area contributed by atoms with Gasteiger partial charge in [-0.2, -0.15) is 0 Å². The summed E-state index contributed by atoms with van der Waals surface area (Å²) in [6, 6.07) is 11.5. The van der Waals surface area contributed by atoms with E-state index in [2.05, 4.69) is 5.32 Å². The number of imide groups is 2. The van der Waals surface area contributed by atoms with E-state index < -0.39 is 23.8 Å². The van der Waals surface area contributed by atoms with Gasteiger partial charge in [-0.25, -0.2) is 9.69 Å². The van der Waals surface area contributed by atoms with Gasteiger partial charge in [0.2, 0.25) is 0 Å². The van der Waals surface area contributed by atoms with Crippen molar-refractivity contribution in [1.29, 1.82) is 0 Å². The molecule has 1 heterocycles. The van der Waals surface area contributed by atoms with Gasteiger partial charge in [-0.1, -0.05) is 23.7 Å². The largest absolute Gasteiger partial charge is 0.484 e. The van der Waals surface area contributed by atoms with Crippen molar-refractivity contribution in [2.45, 2.75) is 0 Å². The molecule has 142 valence electrons. The highest BCUT2D eigenvalue weighted by Crippen LogP contribution is 2.24. The summed E-state index contributed by atoms with van der Waals surface area (Å²) in [7, 11) is 0. The van der Waals surface area contributed by atoms with Crippen molar-refractivity contribution in [2.75, 3.05) is 11.5 Å². The van der Waals surface area contributed by atoms with Gasteiger partial charge in [0.1, 0.15) is 11.3 Å². The highest BCUT2D eigenvalue weighted by Gasteiger charge is 2.36. The van der Waals surface area contributed by atoms with Crippen LogP contribution in [0.1, 0.15) is 5.56 Å². The zero-order valence-corrected chi connectivity index (χ0v) is 15.1.